The van der Waals surface area contributed by atoms with E-state index in [0.29, 0.717) is 0 Å². The van der Waals surface area contributed by atoms with Gasteiger partial charge in [-0.1, -0.05) is 123 Å². The Hall–Kier alpha value is -1.68. The van der Waals surface area contributed by atoms with Crippen molar-refractivity contribution in [2.24, 2.45) is 11.8 Å². The first-order chi connectivity index (χ1) is 18.0. The van der Waals surface area contributed by atoms with Crippen molar-refractivity contribution in [2.75, 3.05) is 41.3 Å². The van der Waals surface area contributed by atoms with Crippen LogP contribution >= 0.6 is 0 Å². The molecule has 2 aliphatic carbocycles. The van der Waals surface area contributed by atoms with Gasteiger partial charge in [-0.25, -0.2) is 0 Å². The Kier molecular flexibility index (Phi) is 16.3. The van der Waals surface area contributed by atoms with Gasteiger partial charge >= 0.3 is 17.1 Å². The van der Waals surface area contributed by atoms with Crippen molar-refractivity contribution in [1.82, 2.24) is 9.80 Å². The maximum atomic E-state index is 2.38. The number of rotatable bonds is 8. The van der Waals surface area contributed by atoms with Crippen LogP contribution in [0.5, 0.6) is 0 Å². The number of hydrogen-bond donors (Lipinski definition) is 0. The topological polar surface area (TPSA) is 6.48 Å². The zero-order valence-corrected chi connectivity index (χ0v) is 28.1. The summed E-state index contributed by atoms with van der Waals surface area (Å²) in [5.41, 5.74) is 0.796. The summed E-state index contributed by atoms with van der Waals surface area (Å²) in [5.74, 6) is 1.88. The van der Waals surface area contributed by atoms with Gasteiger partial charge in [0, 0.05) is 13.1 Å². The molecule has 2 atom stereocenters. The van der Waals surface area contributed by atoms with Crippen molar-refractivity contribution in [2.45, 2.75) is 50.5 Å². The summed E-state index contributed by atoms with van der Waals surface area (Å²) in [6, 6.07) is 34.0. The molecule has 0 bridgehead atoms. The Balaban J connectivity index is 0.000000434. The summed E-state index contributed by atoms with van der Waals surface area (Å²) >= 11 is 0. The van der Waals surface area contributed by atoms with Crippen LogP contribution in [0.25, 0.3) is 0 Å². The van der Waals surface area contributed by atoms with Crippen molar-refractivity contribution < 1.29 is 17.1 Å². The van der Waals surface area contributed by atoms with E-state index < -0.39 is 8.07 Å². The predicted octanol–water partition coefficient (Wildman–Crippen LogP) is 6.52. The molecule has 3 aromatic rings. The standard InChI is InChI=1S/C23H24Si.C11H24N2.2CH3.Fe/c1-4-12-20(13-5-1)24(23-18-10-11-19-23,21-14-6-2-7-15-21)22-16-8-3-9-17-22;1-12(2)8-10-6-5-7-11(10)9-13(3)4;;;/h1-9,12-17,23H,10-11,18-19H2;10-11H,5-9H2,1-4H3;2*1H3;/q;;2*-1;+2. The summed E-state index contributed by atoms with van der Waals surface area (Å²) in [7, 11) is 6.75. The van der Waals surface area contributed by atoms with E-state index in [1.807, 2.05) is 0 Å². The second-order valence-corrected chi connectivity index (χ2v) is 16.0. The molecule has 3 aromatic carbocycles. The minimum absolute atomic E-state index is 0. The molecule has 2 saturated carbocycles. The van der Waals surface area contributed by atoms with Gasteiger partial charge in [0.15, 0.2) is 8.07 Å². The Morgan fingerprint density at radius 1 is 0.525 bits per heavy atom. The van der Waals surface area contributed by atoms with E-state index in [9.17, 15) is 0 Å². The molecule has 0 aliphatic heterocycles. The van der Waals surface area contributed by atoms with Crippen LogP contribution in [0.1, 0.15) is 44.9 Å². The third-order valence-electron chi connectivity index (χ3n) is 8.67. The first-order valence-corrected chi connectivity index (χ1v) is 16.6. The van der Waals surface area contributed by atoms with Gasteiger partial charge in [-0.15, -0.1) is 0 Å². The Morgan fingerprint density at radius 3 is 1.15 bits per heavy atom. The molecule has 0 amide bonds. The molecule has 0 spiro atoms. The van der Waals surface area contributed by atoms with Gasteiger partial charge in [-0.3, -0.25) is 0 Å². The molecule has 5 rings (SSSR count). The van der Waals surface area contributed by atoms with Gasteiger partial charge in [0.1, 0.15) is 0 Å². The quantitative estimate of drug-likeness (QED) is 0.165. The summed E-state index contributed by atoms with van der Waals surface area (Å²) in [5, 5.41) is 4.69. The van der Waals surface area contributed by atoms with Crippen LogP contribution in [-0.4, -0.2) is 59.2 Å². The van der Waals surface area contributed by atoms with Gasteiger partial charge in [0.05, 0.1) is 0 Å². The van der Waals surface area contributed by atoms with Gasteiger partial charge < -0.3 is 24.7 Å². The molecule has 40 heavy (non-hydrogen) atoms. The molecule has 2 nitrogen and oxygen atoms in total. The average Bonchev–Trinajstić information content (AvgIpc) is 3.60. The van der Waals surface area contributed by atoms with E-state index in [1.165, 1.54) is 58.0 Å². The summed E-state index contributed by atoms with van der Waals surface area (Å²) in [6.07, 6.45) is 9.82. The summed E-state index contributed by atoms with van der Waals surface area (Å²) < 4.78 is 0. The van der Waals surface area contributed by atoms with Crippen LogP contribution in [0.4, 0.5) is 0 Å². The molecule has 0 saturated heterocycles. The molecule has 0 radical (unpaired) electrons. The first-order valence-electron chi connectivity index (χ1n) is 14.5. The van der Waals surface area contributed by atoms with Crippen molar-refractivity contribution >= 4 is 23.6 Å². The second kappa shape index (κ2) is 18.0. The predicted molar refractivity (Wildman–Crippen MR) is 177 cm³/mol. The van der Waals surface area contributed by atoms with Crippen LogP contribution in [0, 0.1) is 26.7 Å². The van der Waals surface area contributed by atoms with E-state index in [4.69, 9.17) is 0 Å². The first kappa shape index (κ1) is 36.3. The molecule has 2 aliphatic rings. The zero-order chi connectivity index (χ0) is 26.1. The SMILES string of the molecule is CN(C)CC1CCCC1CN(C)C.[CH3-].[CH3-].[Fe+2].c1ccc([Si](c2ccccc2)(c2ccccc2)C2CCCC2)cc1. The minimum Gasteiger partial charge on any atom is -0.358 e. The second-order valence-electron chi connectivity index (χ2n) is 11.9. The Morgan fingerprint density at radius 2 is 0.850 bits per heavy atom. The van der Waals surface area contributed by atoms with Crippen molar-refractivity contribution in [3.63, 3.8) is 0 Å². The normalized spacial score (nSPS) is 18.8. The van der Waals surface area contributed by atoms with Crippen molar-refractivity contribution in [3.8, 4) is 0 Å². The van der Waals surface area contributed by atoms with Crippen LogP contribution in [0.2, 0.25) is 5.54 Å². The fourth-order valence-corrected chi connectivity index (χ4v) is 13.0. The van der Waals surface area contributed by atoms with E-state index >= 15 is 0 Å². The van der Waals surface area contributed by atoms with Gasteiger partial charge in [-0.2, -0.15) is 0 Å². The van der Waals surface area contributed by atoms with Gasteiger partial charge in [-0.05, 0) is 74.0 Å². The van der Waals surface area contributed by atoms with Gasteiger partial charge in [0.2, 0.25) is 0 Å². The van der Waals surface area contributed by atoms with Gasteiger partial charge in [0.25, 0.3) is 0 Å². The molecule has 0 N–H and O–H groups in total. The molecule has 220 valence electrons. The third kappa shape index (κ3) is 8.91. The number of nitrogens with zero attached hydrogens (tertiary/aromatic N) is 2. The average molecular weight is 599 g/mol. The van der Waals surface area contributed by atoms with E-state index in [-0.39, 0.29) is 31.9 Å². The van der Waals surface area contributed by atoms with Crippen molar-refractivity contribution in [3.05, 3.63) is 106 Å². The summed E-state index contributed by atoms with van der Waals surface area (Å²) in [4.78, 5) is 4.66. The molecular formula is C36H54FeN2Si. The maximum Gasteiger partial charge on any atom is 2.00 e. The summed E-state index contributed by atoms with van der Waals surface area (Å²) in [6.45, 7) is 2.55. The maximum absolute atomic E-state index is 2.38. The Labute approximate surface area is 259 Å². The molecule has 2 unspecified atom stereocenters. The fraction of sp³-hybridized carbons (Fsp3) is 0.444. The zero-order valence-electron chi connectivity index (χ0n) is 26.0. The Bertz CT molecular complexity index is 924. The number of benzene rings is 3. The molecular weight excluding hydrogens is 544 g/mol. The third-order valence-corrected chi connectivity index (χ3v) is 14.2. The fourth-order valence-electron chi connectivity index (χ4n) is 7.20. The monoisotopic (exact) mass is 598 g/mol. The number of hydrogen-bond acceptors (Lipinski definition) is 2. The molecule has 0 heterocycles. The minimum atomic E-state index is -1.99. The molecule has 2 fully saturated rings. The van der Waals surface area contributed by atoms with Crippen LogP contribution < -0.4 is 15.6 Å². The van der Waals surface area contributed by atoms with E-state index in [0.717, 1.165) is 17.4 Å². The van der Waals surface area contributed by atoms with Crippen LogP contribution in [0.15, 0.2) is 91.0 Å². The molecule has 4 heteroatoms. The van der Waals surface area contributed by atoms with Crippen molar-refractivity contribution in [1.29, 1.82) is 0 Å². The van der Waals surface area contributed by atoms with Crippen LogP contribution in [-0.2, 0) is 17.1 Å². The molecule has 0 aromatic heterocycles. The van der Waals surface area contributed by atoms with Crippen LogP contribution in [0.3, 0.4) is 0 Å². The van der Waals surface area contributed by atoms with E-state index in [2.05, 4.69) is 129 Å². The largest absolute Gasteiger partial charge is 2.00 e. The van der Waals surface area contributed by atoms with E-state index in [1.54, 1.807) is 15.6 Å². The smallest absolute Gasteiger partial charge is 0.358 e.